The molecule has 0 bridgehead atoms. The monoisotopic (exact) mass is 385 g/mol. The summed E-state index contributed by atoms with van der Waals surface area (Å²) in [6.45, 7) is 7.26. The van der Waals surface area contributed by atoms with E-state index in [1.807, 2.05) is 49.1 Å². The van der Waals surface area contributed by atoms with Gasteiger partial charge in [0.05, 0.1) is 12.7 Å². The van der Waals surface area contributed by atoms with E-state index < -0.39 is 6.10 Å². The summed E-state index contributed by atoms with van der Waals surface area (Å²) in [4.78, 5) is 6.90. The Morgan fingerprint density at radius 3 is 3.04 bits per heavy atom. The second kappa shape index (κ2) is 9.59. The standard InChI is InChI=1S/C21H31N5O2/c1-4-22-21(26-9-8-17(14-26)18-11-24-25(3)13-18)23-12-19(27)15-28-20-7-5-6-16(2)10-20/h5-7,10-11,13,17,19,27H,4,8-9,12,14-15H2,1-3H3,(H,22,23). The number of aryl methyl sites for hydroxylation is 2. The first kappa shape index (κ1) is 20.2. The number of aliphatic hydroxyl groups is 1. The quantitative estimate of drug-likeness (QED) is 0.563. The van der Waals surface area contributed by atoms with Crippen molar-refractivity contribution < 1.29 is 9.84 Å². The molecule has 0 aliphatic carbocycles. The van der Waals surface area contributed by atoms with Gasteiger partial charge in [-0.2, -0.15) is 5.10 Å². The number of guanidine groups is 1. The summed E-state index contributed by atoms with van der Waals surface area (Å²) in [5, 5.41) is 17.9. The van der Waals surface area contributed by atoms with Crippen LogP contribution < -0.4 is 10.1 Å². The van der Waals surface area contributed by atoms with Crippen LogP contribution in [-0.4, -0.2) is 64.6 Å². The Morgan fingerprint density at radius 2 is 2.32 bits per heavy atom. The zero-order valence-electron chi connectivity index (χ0n) is 17.0. The van der Waals surface area contributed by atoms with Gasteiger partial charge in [0, 0.05) is 38.8 Å². The number of hydrogen-bond acceptors (Lipinski definition) is 4. The van der Waals surface area contributed by atoms with Crippen molar-refractivity contribution in [2.45, 2.75) is 32.3 Å². The predicted molar refractivity (Wildman–Crippen MR) is 111 cm³/mol. The Bertz CT molecular complexity index is 789. The SMILES string of the molecule is CCNC(=NCC(O)COc1cccc(C)c1)N1CCC(c2cnn(C)c2)C1. The van der Waals surface area contributed by atoms with Crippen LogP contribution in [0.4, 0.5) is 0 Å². The van der Waals surface area contributed by atoms with E-state index in [0.29, 0.717) is 12.5 Å². The number of aliphatic imine (C=N–C) groups is 1. The predicted octanol–water partition coefficient (Wildman–Crippen LogP) is 1.92. The number of benzene rings is 1. The van der Waals surface area contributed by atoms with Crippen LogP contribution in [0.5, 0.6) is 5.75 Å². The first-order valence-corrected chi connectivity index (χ1v) is 9.94. The van der Waals surface area contributed by atoms with E-state index in [4.69, 9.17) is 4.74 Å². The van der Waals surface area contributed by atoms with Crippen molar-refractivity contribution in [2.24, 2.45) is 12.0 Å². The van der Waals surface area contributed by atoms with E-state index in [9.17, 15) is 5.11 Å². The van der Waals surface area contributed by atoms with Crippen LogP contribution >= 0.6 is 0 Å². The van der Waals surface area contributed by atoms with Crippen molar-refractivity contribution in [3.63, 3.8) is 0 Å². The molecule has 1 saturated heterocycles. The second-order valence-corrected chi connectivity index (χ2v) is 7.35. The average Bonchev–Trinajstić information content (AvgIpc) is 3.32. The van der Waals surface area contributed by atoms with E-state index in [-0.39, 0.29) is 6.61 Å². The summed E-state index contributed by atoms with van der Waals surface area (Å²) in [5.74, 6) is 2.09. The Kier molecular flexibility index (Phi) is 6.92. The molecule has 7 heteroatoms. The molecule has 2 heterocycles. The van der Waals surface area contributed by atoms with Crippen LogP contribution in [0.15, 0.2) is 41.7 Å². The highest BCUT2D eigenvalue weighted by molar-refractivity contribution is 5.80. The fourth-order valence-electron chi connectivity index (χ4n) is 3.44. The highest BCUT2D eigenvalue weighted by Crippen LogP contribution is 2.26. The molecule has 0 radical (unpaired) electrons. The second-order valence-electron chi connectivity index (χ2n) is 7.35. The molecule has 2 N–H and O–H groups in total. The number of hydrogen-bond donors (Lipinski definition) is 2. The molecule has 1 aromatic carbocycles. The molecule has 3 rings (SSSR count). The smallest absolute Gasteiger partial charge is 0.194 e. The summed E-state index contributed by atoms with van der Waals surface area (Å²) in [6, 6.07) is 7.83. The van der Waals surface area contributed by atoms with Gasteiger partial charge in [0.25, 0.3) is 0 Å². The number of nitrogens with one attached hydrogen (secondary N) is 1. The molecule has 28 heavy (non-hydrogen) atoms. The van der Waals surface area contributed by atoms with Crippen LogP contribution in [0.25, 0.3) is 0 Å². The Labute approximate surface area is 167 Å². The van der Waals surface area contributed by atoms with Crippen molar-refractivity contribution >= 4 is 5.96 Å². The maximum absolute atomic E-state index is 10.3. The van der Waals surface area contributed by atoms with Crippen LogP contribution in [0.1, 0.15) is 30.4 Å². The lowest BCUT2D eigenvalue weighted by Crippen LogP contribution is -2.40. The van der Waals surface area contributed by atoms with E-state index in [2.05, 4.69) is 33.4 Å². The zero-order valence-corrected chi connectivity index (χ0v) is 17.0. The highest BCUT2D eigenvalue weighted by atomic mass is 16.5. The van der Waals surface area contributed by atoms with Crippen molar-refractivity contribution in [3.05, 3.63) is 47.8 Å². The number of nitrogens with zero attached hydrogens (tertiary/aromatic N) is 4. The van der Waals surface area contributed by atoms with Crippen LogP contribution in [0, 0.1) is 6.92 Å². The molecule has 1 aliphatic rings. The molecule has 2 unspecified atom stereocenters. The number of ether oxygens (including phenoxy) is 1. The minimum absolute atomic E-state index is 0.227. The van der Waals surface area contributed by atoms with Gasteiger partial charge in [0.15, 0.2) is 5.96 Å². The summed E-state index contributed by atoms with van der Waals surface area (Å²) in [6.07, 6.45) is 4.47. The summed E-state index contributed by atoms with van der Waals surface area (Å²) < 4.78 is 7.53. The lowest BCUT2D eigenvalue weighted by molar-refractivity contribution is 0.114. The van der Waals surface area contributed by atoms with Gasteiger partial charge in [-0.25, -0.2) is 0 Å². The van der Waals surface area contributed by atoms with Crippen LogP contribution in [0.3, 0.4) is 0 Å². The van der Waals surface area contributed by atoms with Crippen LogP contribution in [0.2, 0.25) is 0 Å². The molecule has 2 atom stereocenters. The highest BCUT2D eigenvalue weighted by Gasteiger charge is 2.27. The van der Waals surface area contributed by atoms with Crippen molar-refractivity contribution in [1.82, 2.24) is 20.0 Å². The van der Waals surface area contributed by atoms with E-state index >= 15 is 0 Å². The maximum Gasteiger partial charge on any atom is 0.194 e. The zero-order chi connectivity index (χ0) is 19.9. The topological polar surface area (TPSA) is 74.9 Å². The normalized spacial score (nSPS) is 18.4. The minimum Gasteiger partial charge on any atom is -0.491 e. The van der Waals surface area contributed by atoms with Gasteiger partial charge < -0.3 is 20.1 Å². The summed E-state index contributed by atoms with van der Waals surface area (Å²) in [7, 11) is 1.95. The largest absolute Gasteiger partial charge is 0.491 e. The lowest BCUT2D eigenvalue weighted by Gasteiger charge is -2.22. The Morgan fingerprint density at radius 1 is 1.46 bits per heavy atom. The molecule has 1 fully saturated rings. The fourth-order valence-corrected chi connectivity index (χ4v) is 3.44. The molecular weight excluding hydrogens is 354 g/mol. The maximum atomic E-state index is 10.3. The van der Waals surface area contributed by atoms with E-state index in [1.165, 1.54) is 5.56 Å². The number of likely N-dealkylation sites (tertiary alicyclic amines) is 1. The molecule has 152 valence electrons. The third-order valence-corrected chi connectivity index (χ3v) is 4.90. The first-order valence-electron chi connectivity index (χ1n) is 9.94. The molecule has 0 saturated carbocycles. The van der Waals surface area contributed by atoms with E-state index in [0.717, 1.165) is 43.3 Å². The van der Waals surface area contributed by atoms with Gasteiger partial charge in [-0.3, -0.25) is 9.67 Å². The van der Waals surface area contributed by atoms with Gasteiger partial charge in [-0.15, -0.1) is 0 Å². The molecule has 0 amide bonds. The van der Waals surface area contributed by atoms with E-state index in [1.54, 1.807) is 0 Å². The van der Waals surface area contributed by atoms with Crippen molar-refractivity contribution in [3.8, 4) is 5.75 Å². The molecule has 0 spiro atoms. The summed E-state index contributed by atoms with van der Waals surface area (Å²) in [5.41, 5.74) is 2.41. The molecule has 7 nitrogen and oxygen atoms in total. The Balaban J connectivity index is 1.53. The minimum atomic E-state index is -0.647. The van der Waals surface area contributed by atoms with Gasteiger partial charge in [-0.1, -0.05) is 12.1 Å². The average molecular weight is 386 g/mol. The molecular formula is C21H31N5O2. The molecule has 1 aliphatic heterocycles. The third-order valence-electron chi connectivity index (χ3n) is 4.90. The third kappa shape index (κ3) is 5.48. The van der Waals surface area contributed by atoms with Gasteiger partial charge >= 0.3 is 0 Å². The van der Waals surface area contributed by atoms with Crippen LogP contribution in [-0.2, 0) is 7.05 Å². The van der Waals surface area contributed by atoms with Crippen molar-refractivity contribution in [2.75, 3.05) is 32.8 Å². The molecule has 2 aromatic rings. The number of aliphatic hydroxyl groups excluding tert-OH is 1. The molecule has 1 aromatic heterocycles. The number of aromatic nitrogens is 2. The van der Waals surface area contributed by atoms with Crippen molar-refractivity contribution in [1.29, 1.82) is 0 Å². The fraction of sp³-hybridized carbons (Fsp3) is 0.524. The van der Waals surface area contributed by atoms with Gasteiger partial charge in [0.2, 0.25) is 0 Å². The first-order chi connectivity index (χ1) is 13.5. The lowest BCUT2D eigenvalue weighted by atomic mass is 10.0. The summed E-state index contributed by atoms with van der Waals surface area (Å²) >= 11 is 0. The number of rotatable bonds is 7. The van der Waals surface area contributed by atoms with Gasteiger partial charge in [0.1, 0.15) is 18.5 Å². The van der Waals surface area contributed by atoms with Gasteiger partial charge in [-0.05, 0) is 43.5 Å². The Hall–Kier alpha value is -2.54.